The Balaban J connectivity index is 1.63. The van der Waals surface area contributed by atoms with E-state index < -0.39 is 0 Å². The van der Waals surface area contributed by atoms with Gasteiger partial charge in [-0.1, -0.05) is 30.0 Å². The minimum absolute atomic E-state index is 0.0370. The molecular weight excluding hydrogens is 354 g/mol. The summed E-state index contributed by atoms with van der Waals surface area (Å²) in [6.45, 7) is 2.93. The molecule has 1 aliphatic heterocycles. The molecule has 0 bridgehead atoms. The highest BCUT2D eigenvalue weighted by atomic mass is 32.2. The number of fused-ring (bicyclic) bond motifs is 1. The Kier molecular flexibility index (Phi) is 4.35. The number of nitrogens with zero attached hydrogens (tertiary/aromatic N) is 2. The lowest BCUT2D eigenvalue weighted by Crippen LogP contribution is -2.37. The molecule has 5 nitrogen and oxygen atoms in total. The van der Waals surface area contributed by atoms with Crippen molar-refractivity contribution in [1.82, 2.24) is 14.9 Å². The zero-order chi connectivity index (χ0) is 17.4. The lowest BCUT2D eigenvalue weighted by molar-refractivity contribution is -0.112. The van der Waals surface area contributed by atoms with Crippen molar-refractivity contribution in [3.63, 3.8) is 0 Å². The van der Waals surface area contributed by atoms with E-state index in [4.69, 9.17) is 0 Å². The second kappa shape index (κ2) is 6.65. The fourth-order valence-electron chi connectivity index (χ4n) is 3.08. The molecule has 1 fully saturated rings. The van der Waals surface area contributed by atoms with Crippen molar-refractivity contribution < 1.29 is 9.59 Å². The van der Waals surface area contributed by atoms with Gasteiger partial charge in [0, 0.05) is 28.6 Å². The SMILES string of the molecule is CCn1c(-c2nc(C(=O)NC3CCSC3=O)cs2)cc2ccccc21. The average Bonchev–Trinajstić information content (AvgIpc) is 3.33. The summed E-state index contributed by atoms with van der Waals surface area (Å²) >= 11 is 2.73. The molecule has 0 saturated carbocycles. The van der Waals surface area contributed by atoms with Gasteiger partial charge in [0.25, 0.3) is 5.91 Å². The maximum atomic E-state index is 12.4. The second-order valence-electron chi connectivity index (χ2n) is 5.85. The van der Waals surface area contributed by atoms with Crippen molar-refractivity contribution in [2.24, 2.45) is 0 Å². The predicted octanol–water partition coefficient (Wildman–Crippen LogP) is 3.55. The molecule has 0 radical (unpaired) electrons. The zero-order valence-corrected chi connectivity index (χ0v) is 15.3. The summed E-state index contributed by atoms with van der Waals surface area (Å²) in [5.74, 6) is 0.491. The number of thioether (sulfide) groups is 1. The normalized spacial score (nSPS) is 17.3. The van der Waals surface area contributed by atoms with Crippen LogP contribution in [0.2, 0.25) is 0 Å². The molecule has 1 aromatic carbocycles. The molecule has 2 aromatic heterocycles. The summed E-state index contributed by atoms with van der Waals surface area (Å²) in [5, 5.41) is 6.57. The molecule has 0 spiro atoms. The van der Waals surface area contributed by atoms with Gasteiger partial charge in [0.05, 0.1) is 11.7 Å². The predicted molar refractivity (Wildman–Crippen MR) is 102 cm³/mol. The molecule has 1 aliphatic rings. The number of thiazole rings is 1. The number of aromatic nitrogens is 2. The first kappa shape index (κ1) is 16.4. The minimum Gasteiger partial charge on any atom is -0.340 e. The average molecular weight is 371 g/mol. The molecule has 25 heavy (non-hydrogen) atoms. The standard InChI is InChI=1S/C18H17N3O2S2/c1-2-21-14-6-4-3-5-11(14)9-15(21)17-20-13(10-25-17)16(22)19-12-7-8-24-18(12)23/h3-6,9-10,12H,2,7-8H2,1H3,(H,19,22). The van der Waals surface area contributed by atoms with Gasteiger partial charge >= 0.3 is 0 Å². The number of hydrogen-bond donors (Lipinski definition) is 1. The van der Waals surface area contributed by atoms with Gasteiger partial charge in [-0.05, 0) is 25.5 Å². The Labute approximate surface area is 153 Å². The summed E-state index contributed by atoms with van der Waals surface area (Å²) in [6, 6.07) is 9.93. The number of aryl methyl sites for hydroxylation is 1. The lowest BCUT2D eigenvalue weighted by Gasteiger charge is -2.08. The number of amides is 1. The van der Waals surface area contributed by atoms with Gasteiger partial charge in [0.2, 0.25) is 5.12 Å². The number of para-hydroxylation sites is 1. The molecule has 3 aromatic rings. The largest absolute Gasteiger partial charge is 0.340 e. The quantitative estimate of drug-likeness (QED) is 0.762. The molecule has 128 valence electrons. The van der Waals surface area contributed by atoms with E-state index >= 15 is 0 Å². The van der Waals surface area contributed by atoms with Crippen LogP contribution in [0.3, 0.4) is 0 Å². The van der Waals surface area contributed by atoms with Crippen LogP contribution in [0.25, 0.3) is 21.6 Å². The fraction of sp³-hybridized carbons (Fsp3) is 0.278. The van der Waals surface area contributed by atoms with Crippen molar-refractivity contribution in [2.45, 2.75) is 25.9 Å². The Morgan fingerprint density at radius 2 is 2.24 bits per heavy atom. The van der Waals surface area contributed by atoms with Gasteiger partial charge in [-0.15, -0.1) is 11.3 Å². The summed E-state index contributed by atoms with van der Waals surface area (Å²) in [4.78, 5) is 28.6. The van der Waals surface area contributed by atoms with Crippen LogP contribution in [0.15, 0.2) is 35.7 Å². The van der Waals surface area contributed by atoms with Gasteiger partial charge < -0.3 is 9.88 Å². The van der Waals surface area contributed by atoms with Crippen molar-refractivity contribution >= 4 is 45.0 Å². The van der Waals surface area contributed by atoms with E-state index in [-0.39, 0.29) is 17.1 Å². The number of carbonyl (C=O) groups excluding carboxylic acids is 2. The molecule has 3 heterocycles. The van der Waals surface area contributed by atoms with Gasteiger partial charge in [0.15, 0.2) is 0 Å². The van der Waals surface area contributed by atoms with Crippen molar-refractivity contribution in [3.05, 3.63) is 41.4 Å². The van der Waals surface area contributed by atoms with Crippen LogP contribution >= 0.6 is 23.1 Å². The van der Waals surface area contributed by atoms with Crippen LogP contribution in [0.1, 0.15) is 23.8 Å². The third kappa shape index (κ3) is 2.98. The van der Waals surface area contributed by atoms with Crippen LogP contribution in [0.5, 0.6) is 0 Å². The smallest absolute Gasteiger partial charge is 0.271 e. The first-order chi connectivity index (χ1) is 12.2. The van der Waals surface area contributed by atoms with Gasteiger partial charge in [-0.25, -0.2) is 4.98 Å². The molecule has 1 unspecified atom stereocenters. The van der Waals surface area contributed by atoms with E-state index in [1.807, 2.05) is 12.1 Å². The number of hydrogen-bond acceptors (Lipinski definition) is 5. The first-order valence-electron chi connectivity index (χ1n) is 8.19. The third-order valence-electron chi connectivity index (χ3n) is 4.32. The van der Waals surface area contributed by atoms with E-state index in [1.165, 1.54) is 23.1 Å². The highest BCUT2D eigenvalue weighted by Crippen LogP contribution is 2.30. The van der Waals surface area contributed by atoms with Crippen molar-refractivity contribution in [3.8, 4) is 10.7 Å². The molecule has 0 aliphatic carbocycles. The van der Waals surface area contributed by atoms with Gasteiger partial charge in [0.1, 0.15) is 10.7 Å². The Hall–Kier alpha value is -2.12. The van der Waals surface area contributed by atoms with E-state index in [2.05, 4.69) is 40.0 Å². The third-order valence-corrected chi connectivity index (χ3v) is 6.20. The highest BCUT2D eigenvalue weighted by Gasteiger charge is 2.28. The van der Waals surface area contributed by atoms with Crippen molar-refractivity contribution in [2.75, 3.05) is 5.75 Å². The number of benzene rings is 1. The Bertz CT molecular complexity index is 960. The summed E-state index contributed by atoms with van der Waals surface area (Å²) in [5.41, 5.74) is 2.55. The molecular formula is C18H17N3O2S2. The van der Waals surface area contributed by atoms with E-state index in [0.717, 1.165) is 33.9 Å². The fourth-order valence-corrected chi connectivity index (χ4v) is 4.84. The zero-order valence-electron chi connectivity index (χ0n) is 13.7. The van der Waals surface area contributed by atoms with Gasteiger partial charge in [-0.3, -0.25) is 9.59 Å². The Morgan fingerprint density at radius 3 is 3.00 bits per heavy atom. The van der Waals surface area contributed by atoms with Crippen LogP contribution in [-0.2, 0) is 11.3 Å². The molecule has 1 amide bonds. The summed E-state index contributed by atoms with van der Waals surface area (Å²) in [6.07, 6.45) is 0.691. The topological polar surface area (TPSA) is 64.0 Å². The van der Waals surface area contributed by atoms with E-state index in [0.29, 0.717) is 12.1 Å². The Morgan fingerprint density at radius 1 is 1.40 bits per heavy atom. The van der Waals surface area contributed by atoms with Crippen LogP contribution in [0, 0.1) is 0 Å². The molecule has 1 atom stereocenters. The van der Waals surface area contributed by atoms with Crippen molar-refractivity contribution in [1.29, 1.82) is 0 Å². The molecule has 1 saturated heterocycles. The van der Waals surface area contributed by atoms with Gasteiger partial charge in [-0.2, -0.15) is 0 Å². The van der Waals surface area contributed by atoms with E-state index in [1.54, 1.807) is 5.38 Å². The molecule has 4 rings (SSSR count). The summed E-state index contributed by atoms with van der Waals surface area (Å²) in [7, 11) is 0. The number of rotatable bonds is 4. The van der Waals surface area contributed by atoms with Crippen LogP contribution in [-0.4, -0.2) is 32.4 Å². The van der Waals surface area contributed by atoms with Crippen LogP contribution < -0.4 is 5.32 Å². The second-order valence-corrected chi connectivity index (χ2v) is 7.81. The van der Waals surface area contributed by atoms with Crippen LogP contribution in [0.4, 0.5) is 0 Å². The minimum atomic E-state index is -0.384. The number of nitrogens with one attached hydrogen (secondary N) is 1. The molecule has 1 N–H and O–H groups in total. The highest BCUT2D eigenvalue weighted by molar-refractivity contribution is 8.14. The first-order valence-corrected chi connectivity index (χ1v) is 10.1. The molecule has 7 heteroatoms. The maximum Gasteiger partial charge on any atom is 0.271 e. The maximum absolute atomic E-state index is 12.4. The lowest BCUT2D eigenvalue weighted by atomic mass is 10.2. The van der Waals surface area contributed by atoms with E-state index in [9.17, 15) is 9.59 Å². The monoisotopic (exact) mass is 371 g/mol. The number of carbonyl (C=O) groups is 2. The summed E-state index contributed by atoms with van der Waals surface area (Å²) < 4.78 is 2.20.